The zero-order valence-corrected chi connectivity index (χ0v) is 42.7. The molecule has 0 radical (unpaired) electrons. The highest BCUT2D eigenvalue weighted by Gasteiger charge is 2.44. The molecule has 73 heavy (non-hydrogen) atoms. The summed E-state index contributed by atoms with van der Waals surface area (Å²) in [5.74, 6) is 0.500. The Kier molecular flexibility index (Phi) is 17.6. The molecule has 2 aliphatic rings. The Bertz CT molecular complexity index is 2700. The molecule has 7 rings (SSSR count). The highest BCUT2D eigenvalue weighted by atomic mass is 16.5. The maximum absolute atomic E-state index is 14.0. The van der Waals surface area contributed by atoms with Gasteiger partial charge in [-0.05, 0) is 55.0 Å². The van der Waals surface area contributed by atoms with E-state index in [1.54, 1.807) is 37.4 Å². The Morgan fingerprint density at radius 1 is 0.836 bits per heavy atom. The van der Waals surface area contributed by atoms with E-state index in [0.717, 1.165) is 24.1 Å². The van der Waals surface area contributed by atoms with Crippen LogP contribution in [0.25, 0.3) is 11.4 Å². The minimum atomic E-state index is -0.892. The van der Waals surface area contributed by atoms with Crippen LogP contribution in [-0.4, -0.2) is 139 Å². The van der Waals surface area contributed by atoms with Gasteiger partial charge < -0.3 is 51.1 Å². The van der Waals surface area contributed by atoms with E-state index < -0.39 is 35.4 Å². The van der Waals surface area contributed by atoms with Gasteiger partial charge in [0, 0.05) is 72.1 Å². The number of unbranched alkanes of at least 4 members (excludes halogenated alkanes) is 3. The molecule has 2 fully saturated rings. The van der Waals surface area contributed by atoms with Crippen molar-refractivity contribution in [2.45, 2.75) is 96.9 Å². The number of nitrogens with one attached hydrogen (secondary N) is 5. The number of pyridine rings is 1. The molecular formula is C52H68N14O7. The molecule has 6 N–H and O–H groups in total. The molecule has 4 atom stereocenters. The number of aryl methyl sites for hydroxylation is 1. The number of carbonyl (C=O) groups excluding carboxylic acids is 5. The van der Waals surface area contributed by atoms with Gasteiger partial charge in [0.25, 0.3) is 5.91 Å². The maximum Gasteiger partial charge on any atom is 0.273 e. The number of carbonyl (C=O) groups is 5. The van der Waals surface area contributed by atoms with Gasteiger partial charge in [-0.15, -0.1) is 10.2 Å². The van der Waals surface area contributed by atoms with Crippen LogP contribution in [0.1, 0.15) is 94.7 Å². The second-order valence-electron chi connectivity index (χ2n) is 19.5. The average Bonchev–Trinajstić information content (AvgIpc) is 4.01. The molecule has 21 nitrogen and oxygen atoms in total. The van der Waals surface area contributed by atoms with Crippen molar-refractivity contribution in [1.82, 2.24) is 55.7 Å². The summed E-state index contributed by atoms with van der Waals surface area (Å²) >= 11 is 0. The topological polar surface area (TPSA) is 254 Å². The lowest BCUT2D eigenvalue weighted by atomic mass is 9.85. The minimum absolute atomic E-state index is 0.0110. The van der Waals surface area contributed by atoms with Gasteiger partial charge in [-0.1, -0.05) is 70.0 Å². The van der Waals surface area contributed by atoms with Gasteiger partial charge in [0.05, 0.1) is 48.1 Å². The van der Waals surface area contributed by atoms with Gasteiger partial charge >= 0.3 is 0 Å². The molecule has 388 valence electrons. The number of β-amino-alcohol motifs (C(OH)–C–C–N with tert-alkyl or cyclic N) is 1. The first kappa shape index (κ1) is 53.1. The summed E-state index contributed by atoms with van der Waals surface area (Å²) in [6, 6.07) is 18.4. The minimum Gasteiger partial charge on any atom is -0.494 e. The number of methoxy groups -OCH3 is 1. The lowest BCUT2D eigenvalue weighted by molar-refractivity contribution is -0.144. The molecule has 0 bridgehead atoms. The van der Waals surface area contributed by atoms with Crippen molar-refractivity contribution in [1.29, 1.82) is 0 Å². The van der Waals surface area contributed by atoms with Crippen molar-refractivity contribution in [2.75, 3.05) is 62.4 Å². The first-order chi connectivity index (χ1) is 35.0. The van der Waals surface area contributed by atoms with Crippen LogP contribution >= 0.6 is 0 Å². The number of aromatic nitrogens is 6. The molecule has 0 aliphatic carbocycles. The molecule has 5 heterocycles. The zero-order valence-electron chi connectivity index (χ0n) is 42.7. The van der Waals surface area contributed by atoms with E-state index in [1.165, 1.54) is 11.9 Å². The van der Waals surface area contributed by atoms with Crippen molar-refractivity contribution in [3.63, 3.8) is 0 Å². The fraction of sp³-hybridized carbons (Fsp3) is 0.462. The monoisotopic (exact) mass is 1000 g/mol. The Labute approximate surface area is 425 Å². The number of hydrogen-bond acceptors (Lipinski definition) is 15. The van der Waals surface area contributed by atoms with Crippen LogP contribution in [0.5, 0.6) is 5.75 Å². The van der Waals surface area contributed by atoms with Crippen molar-refractivity contribution < 1.29 is 33.8 Å². The Morgan fingerprint density at radius 2 is 1.58 bits per heavy atom. The van der Waals surface area contributed by atoms with Gasteiger partial charge in [-0.25, -0.2) is 9.97 Å². The normalized spacial score (nSPS) is 16.6. The summed E-state index contributed by atoms with van der Waals surface area (Å²) in [6.45, 7) is 9.94. The standard InChI is InChI=1S/C52H68N14O7/c1-33(34-16-11-10-12-17-34)56-49(70)40-28-36(67)31-66(40)51(72)47(52(2,3)4)59-43(68)20-13-8-9-14-21-44(69)65-26-24-64(25-27-65)35-22-23-41(54-30-35)58-42-29-39(45(61-60-42)50(71)53-5)57-38-19-15-18-37(46(38)73-7)48-55-32-63(6)62-48/h10-12,15-19,22-23,29-30,32-33,36,40,47,67H,8-9,13-14,20-21,24-28,31H2,1-7H3,(H,53,71)(H,56,70)(H,59,68)(H2,54,57,58,60)/t33-,36+,40-,47+/m0/s1. The number of nitrogens with zero attached hydrogens (tertiary/aromatic N) is 9. The number of rotatable bonds is 20. The van der Waals surface area contributed by atoms with Gasteiger partial charge in [0.15, 0.2) is 23.1 Å². The molecule has 5 amide bonds. The Balaban J connectivity index is 0.833. The van der Waals surface area contributed by atoms with E-state index >= 15 is 0 Å². The molecule has 21 heteroatoms. The molecule has 0 spiro atoms. The van der Waals surface area contributed by atoms with Gasteiger partial charge in [-0.2, -0.15) is 5.10 Å². The summed E-state index contributed by atoms with van der Waals surface area (Å²) in [6.07, 6.45) is 6.11. The van der Waals surface area contributed by atoms with Crippen molar-refractivity contribution >= 4 is 58.2 Å². The molecule has 2 aromatic carbocycles. The van der Waals surface area contributed by atoms with Crippen LogP contribution in [0.2, 0.25) is 0 Å². The summed E-state index contributed by atoms with van der Waals surface area (Å²) in [4.78, 5) is 81.1. The van der Waals surface area contributed by atoms with Crippen LogP contribution in [0.15, 0.2) is 79.3 Å². The quantitative estimate of drug-likeness (QED) is 0.0569. The Morgan fingerprint density at radius 3 is 2.23 bits per heavy atom. The fourth-order valence-electron chi connectivity index (χ4n) is 9.03. The van der Waals surface area contributed by atoms with E-state index in [1.807, 2.05) is 93.3 Å². The number of anilines is 5. The van der Waals surface area contributed by atoms with E-state index in [9.17, 15) is 29.1 Å². The number of likely N-dealkylation sites (tertiary alicyclic amines) is 1. The van der Waals surface area contributed by atoms with Crippen LogP contribution in [-0.2, 0) is 26.2 Å². The van der Waals surface area contributed by atoms with Crippen LogP contribution in [0, 0.1) is 5.41 Å². The zero-order chi connectivity index (χ0) is 52.2. The number of amides is 5. The second kappa shape index (κ2) is 24.2. The number of piperazine rings is 1. The van der Waals surface area contributed by atoms with Gasteiger partial charge in [0.2, 0.25) is 23.6 Å². The van der Waals surface area contributed by atoms with Crippen LogP contribution < -0.4 is 36.2 Å². The smallest absolute Gasteiger partial charge is 0.273 e. The van der Waals surface area contributed by atoms with E-state index in [0.29, 0.717) is 85.6 Å². The predicted octanol–water partition coefficient (Wildman–Crippen LogP) is 4.88. The summed E-state index contributed by atoms with van der Waals surface area (Å²) in [7, 11) is 4.84. The highest BCUT2D eigenvalue weighted by Crippen LogP contribution is 2.37. The molecular weight excluding hydrogens is 933 g/mol. The van der Waals surface area contributed by atoms with E-state index in [-0.39, 0.29) is 48.8 Å². The molecule has 0 unspecified atom stereocenters. The lowest BCUT2D eigenvalue weighted by Gasteiger charge is -2.36. The number of benzene rings is 2. The predicted molar refractivity (Wildman–Crippen MR) is 276 cm³/mol. The largest absolute Gasteiger partial charge is 0.494 e. The lowest BCUT2D eigenvalue weighted by Crippen LogP contribution is -2.57. The van der Waals surface area contributed by atoms with Crippen LogP contribution in [0.4, 0.5) is 28.7 Å². The van der Waals surface area contributed by atoms with Gasteiger partial charge in [-0.3, -0.25) is 28.7 Å². The molecule has 2 aliphatic heterocycles. The van der Waals surface area contributed by atoms with Crippen molar-refractivity contribution in [3.05, 3.63) is 90.5 Å². The third kappa shape index (κ3) is 13.6. The second-order valence-corrected chi connectivity index (χ2v) is 19.5. The van der Waals surface area contributed by atoms with E-state index in [4.69, 9.17) is 4.74 Å². The van der Waals surface area contributed by atoms with Crippen LogP contribution in [0.3, 0.4) is 0 Å². The average molecular weight is 1000 g/mol. The number of aliphatic hydroxyl groups excluding tert-OH is 1. The highest BCUT2D eigenvalue weighted by molar-refractivity contribution is 5.99. The number of hydrogen-bond donors (Lipinski definition) is 6. The third-order valence-corrected chi connectivity index (χ3v) is 13.1. The third-order valence-electron chi connectivity index (χ3n) is 13.1. The van der Waals surface area contributed by atoms with Crippen molar-refractivity contribution in [2.24, 2.45) is 12.5 Å². The first-order valence-electron chi connectivity index (χ1n) is 24.8. The summed E-state index contributed by atoms with van der Waals surface area (Å²) in [5.41, 5.74) is 2.86. The first-order valence-corrected chi connectivity index (χ1v) is 24.8. The SMILES string of the molecule is CNC(=O)c1nnc(Nc2ccc(N3CCN(C(=O)CCCCCCC(=O)N[C@H](C(=O)N4C[C@H](O)C[C@H]4C(=O)N[C@@H](C)c4ccccc4)C(C)(C)C)CC3)cn2)cc1Nc1cccc(-c2ncn(C)n2)c1OC. The van der Waals surface area contributed by atoms with E-state index in [2.05, 4.69) is 56.7 Å². The van der Waals surface area contributed by atoms with Crippen molar-refractivity contribution in [3.8, 4) is 17.1 Å². The summed E-state index contributed by atoms with van der Waals surface area (Å²) < 4.78 is 7.36. The maximum atomic E-state index is 14.0. The number of aliphatic hydroxyl groups is 1. The molecule has 3 aromatic heterocycles. The Hall–Kier alpha value is -7.68. The molecule has 2 saturated heterocycles. The van der Waals surface area contributed by atoms with Gasteiger partial charge in [0.1, 0.15) is 24.2 Å². The number of ether oxygens (including phenoxy) is 1. The summed E-state index contributed by atoms with van der Waals surface area (Å²) in [5, 5.41) is 38.4. The molecule has 0 saturated carbocycles. The number of para-hydroxylation sites is 1. The fourth-order valence-corrected chi connectivity index (χ4v) is 9.03. The molecule has 5 aromatic rings.